The number of ether oxygens (including phenoxy) is 5. The summed E-state index contributed by atoms with van der Waals surface area (Å²) in [7, 11) is 1.27. The van der Waals surface area contributed by atoms with Crippen LogP contribution in [0.4, 0.5) is 9.18 Å². The molecule has 0 spiro atoms. The Morgan fingerprint density at radius 3 is 2.55 bits per heavy atom. The SMILES string of the molecule is CCOc1cc([C@H]2NC(=O)NC(C)=C2C(=O)OC)ccc1OC[C@H](O)N/N=C\c1cc(I)c(OCc2cccc(F)c2)c(OCC)c1. The number of aliphatic hydroxyl groups is 1. The number of hydrogen-bond donors (Lipinski definition) is 4. The summed E-state index contributed by atoms with van der Waals surface area (Å²) in [6.45, 7) is 5.99. The zero-order valence-electron chi connectivity index (χ0n) is 26.3. The van der Waals surface area contributed by atoms with Crippen molar-refractivity contribution < 1.29 is 42.8 Å². The van der Waals surface area contributed by atoms with Crippen molar-refractivity contribution >= 4 is 40.8 Å². The highest BCUT2D eigenvalue weighted by Gasteiger charge is 2.32. The van der Waals surface area contributed by atoms with Crippen molar-refractivity contribution in [3.05, 3.63) is 91.9 Å². The number of urea groups is 1. The molecule has 2 amide bonds. The molecule has 0 unspecified atom stereocenters. The lowest BCUT2D eigenvalue weighted by Gasteiger charge is -2.28. The molecule has 0 saturated carbocycles. The molecule has 0 bridgehead atoms. The van der Waals surface area contributed by atoms with Gasteiger partial charge >= 0.3 is 12.0 Å². The second kappa shape index (κ2) is 16.8. The molecular weight excluding hydrogens is 726 g/mol. The number of nitrogens with one attached hydrogen (secondary N) is 3. The van der Waals surface area contributed by atoms with Crippen LogP contribution in [0, 0.1) is 9.39 Å². The minimum atomic E-state index is -1.18. The van der Waals surface area contributed by atoms with Crippen LogP contribution in [0.3, 0.4) is 0 Å². The molecule has 2 atom stereocenters. The number of rotatable bonds is 15. The molecule has 0 saturated heterocycles. The number of amides is 2. The van der Waals surface area contributed by atoms with Crippen LogP contribution < -0.4 is 35.0 Å². The first-order chi connectivity index (χ1) is 22.6. The molecule has 12 nitrogen and oxygen atoms in total. The second-order valence-electron chi connectivity index (χ2n) is 10.1. The van der Waals surface area contributed by atoms with Crippen molar-refractivity contribution in [3.8, 4) is 23.0 Å². The van der Waals surface area contributed by atoms with Crippen molar-refractivity contribution in [2.45, 2.75) is 39.6 Å². The summed E-state index contributed by atoms with van der Waals surface area (Å²) in [5, 5.41) is 20.0. The van der Waals surface area contributed by atoms with Gasteiger partial charge in [-0.25, -0.2) is 14.0 Å². The molecule has 1 heterocycles. The van der Waals surface area contributed by atoms with Crippen LogP contribution in [-0.2, 0) is 16.1 Å². The van der Waals surface area contributed by atoms with Gasteiger partial charge in [0.15, 0.2) is 29.2 Å². The fourth-order valence-electron chi connectivity index (χ4n) is 4.67. The zero-order valence-corrected chi connectivity index (χ0v) is 28.4. The number of carbonyl (C=O) groups excluding carboxylic acids is 2. The van der Waals surface area contributed by atoms with Crippen LogP contribution in [0.25, 0.3) is 0 Å². The van der Waals surface area contributed by atoms with Gasteiger partial charge in [-0.05, 0) is 96.5 Å². The van der Waals surface area contributed by atoms with Gasteiger partial charge in [-0.15, -0.1) is 0 Å². The number of aliphatic hydroxyl groups excluding tert-OH is 1. The number of allylic oxidation sites excluding steroid dienone is 1. The van der Waals surface area contributed by atoms with Crippen molar-refractivity contribution in [3.63, 3.8) is 0 Å². The van der Waals surface area contributed by atoms with E-state index in [0.717, 1.165) is 3.57 Å². The third kappa shape index (κ3) is 9.48. The first kappa shape index (κ1) is 35.3. The molecule has 0 fully saturated rings. The maximum absolute atomic E-state index is 13.6. The van der Waals surface area contributed by atoms with Gasteiger partial charge in [0.1, 0.15) is 19.0 Å². The van der Waals surface area contributed by atoms with Crippen molar-refractivity contribution in [1.82, 2.24) is 16.1 Å². The van der Waals surface area contributed by atoms with E-state index in [-0.39, 0.29) is 24.6 Å². The first-order valence-electron chi connectivity index (χ1n) is 14.7. The topological polar surface area (TPSA) is 149 Å². The summed E-state index contributed by atoms with van der Waals surface area (Å²) >= 11 is 2.13. The highest BCUT2D eigenvalue weighted by atomic mass is 127. The Morgan fingerprint density at radius 1 is 1.06 bits per heavy atom. The van der Waals surface area contributed by atoms with E-state index in [1.165, 1.54) is 25.5 Å². The average Bonchev–Trinajstić information content (AvgIpc) is 3.03. The maximum Gasteiger partial charge on any atom is 0.337 e. The summed E-state index contributed by atoms with van der Waals surface area (Å²) in [5.41, 5.74) is 5.22. The summed E-state index contributed by atoms with van der Waals surface area (Å²) in [5.74, 6) is 0.807. The summed E-state index contributed by atoms with van der Waals surface area (Å²) in [6, 6.07) is 13.5. The number of carbonyl (C=O) groups is 2. The lowest BCUT2D eigenvalue weighted by molar-refractivity contribution is -0.136. The number of methoxy groups -OCH3 is 1. The standard InChI is InChI=1S/C33H36FIN4O8/c1-5-44-26-15-22(30-29(32(41)43-4)19(3)37-33(42)38-30)10-11-25(26)46-18-28(40)39-36-16-21-13-24(35)31(27(14-21)45-6-2)47-17-20-8-7-9-23(34)12-20/h7-16,28,30,39-40H,5-6,17-18H2,1-4H3,(H2,37,38,42)/b36-16-/t28-,30+/m0/s1. The van der Waals surface area contributed by atoms with Gasteiger partial charge < -0.3 is 39.4 Å². The van der Waals surface area contributed by atoms with Crippen LogP contribution >= 0.6 is 22.6 Å². The van der Waals surface area contributed by atoms with Gasteiger partial charge in [-0.2, -0.15) is 5.10 Å². The van der Waals surface area contributed by atoms with E-state index in [1.54, 1.807) is 50.2 Å². The van der Waals surface area contributed by atoms with Crippen LogP contribution in [0.1, 0.15) is 43.5 Å². The van der Waals surface area contributed by atoms with Crippen molar-refractivity contribution in [1.29, 1.82) is 0 Å². The molecule has 250 valence electrons. The lowest BCUT2D eigenvalue weighted by Crippen LogP contribution is -2.45. The van der Waals surface area contributed by atoms with Crippen LogP contribution in [0.15, 0.2) is 71.0 Å². The number of benzene rings is 3. The van der Waals surface area contributed by atoms with Crippen LogP contribution in [0.5, 0.6) is 23.0 Å². The highest BCUT2D eigenvalue weighted by Crippen LogP contribution is 2.36. The molecule has 4 N–H and O–H groups in total. The minimum absolute atomic E-state index is 0.169. The molecule has 4 rings (SSSR count). The molecule has 0 radical (unpaired) electrons. The monoisotopic (exact) mass is 762 g/mol. The van der Waals surface area contributed by atoms with Gasteiger partial charge in [0, 0.05) is 5.70 Å². The molecule has 1 aliphatic rings. The fourth-order valence-corrected chi connectivity index (χ4v) is 5.45. The van der Waals surface area contributed by atoms with E-state index in [4.69, 9.17) is 23.7 Å². The molecule has 3 aromatic rings. The van der Waals surface area contributed by atoms with Crippen LogP contribution in [-0.4, -0.2) is 56.5 Å². The molecule has 0 aromatic heterocycles. The summed E-state index contributed by atoms with van der Waals surface area (Å²) in [4.78, 5) is 24.6. The fraction of sp³-hybridized carbons (Fsp3) is 0.303. The lowest BCUT2D eigenvalue weighted by atomic mass is 9.95. The Morgan fingerprint density at radius 2 is 1.83 bits per heavy atom. The molecule has 14 heteroatoms. The second-order valence-corrected chi connectivity index (χ2v) is 11.3. The minimum Gasteiger partial charge on any atom is -0.490 e. The number of halogens is 2. The Hall–Kier alpha value is -4.57. The molecule has 3 aromatic carbocycles. The largest absolute Gasteiger partial charge is 0.490 e. The van der Waals surface area contributed by atoms with Gasteiger partial charge in [0.05, 0.1) is 41.7 Å². The molecule has 1 aliphatic heterocycles. The van der Waals surface area contributed by atoms with E-state index in [9.17, 15) is 19.1 Å². The highest BCUT2D eigenvalue weighted by molar-refractivity contribution is 14.1. The van der Waals surface area contributed by atoms with Gasteiger partial charge in [0.2, 0.25) is 0 Å². The van der Waals surface area contributed by atoms with Crippen molar-refractivity contribution in [2.24, 2.45) is 5.10 Å². The van der Waals surface area contributed by atoms with Crippen LogP contribution in [0.2, 0.25) is 0 Å². The van der Waals surface area contributed by atoms with E-state index in [2.05, 4.69) is 43.8 Å². The molecule has 47 heavy (non-hydrogen) atoms. The third-order valence-electron chi connectivity index (χ3n) is 6.71. The maximum atomic E-state index is 13.6. The van der Waals surface area contributed by atoms with E-state index in [1.807, 2.05) is 13.0 Å². The van der Waals surface area contributed by atoms with E-state index in [0.29, 0.717) is 58.6 Å². The van der Waals surface area contributed by atoms with E-state index >= 15 is 0 Å². The Kier molecular flexibility index (Phi) is 12.6. The summed E-state index contributed by atoms with van der Waals surface area (Å²) in [6.07, 6.45) is 0.340. The normalized spacial score (nSPS) is 15.0. The Balaban J connectivity index is 1.40. The predicted molar refractivity (Wildman–Crippen MR) is 180 cm³/mol. The first-order valence-corrected chi connectivity index (χ1v) is 15.8. The number of esters is 1. The average molecular weight is 763 g/mol. The van der Waals surface area contributed by atoms with Gasteiger partial charge in [0.25, 0.3) is 0 Å². The predicted octanol–water partition coefficient (Wildman–Crippen LogP) is 4.93. The number of nitrogens with zero attached hydrogens (tertiary/aromatic N) is 1. The smallest absolute Gasteiger partial charge is 0.337 e. The quantitative estimate of drug-likeness (QED) is 0.0557. The Labute approximate surface area is 285 Å². The summed E-state index contributed by atoms with van der Waals surface area (Å²) < 4.78 is 42.6. The zero-order chi connectivity index (χ0) is 33.9. The number of hydrazone groups is 1. The van der Waals surface area contributed by atoms with Gasteiger partial charge in [-0.1, -0.05) is 18.2 Å². The van der Waals surface area contributed by atoms with Gasteiger partial charge in [-0.3, -0.25) is 5.43 Å². The van der Waals surface area contributed by atoms with Crippen molar-refractivity contribution in [2.75, 3.05) is 26.9 Å². The molecular formula is C33H36FIN4O8. The van der Waals surface area contributed by atoms with E-state index < -0.39 is 24.3 Å². The molecule has 0 aliphatic carbocycles. The third-order valence-corrected chi connectivity index (χ3v) is 7.51. The number of hydrogen-bond acceptors (Lipinski definition) is 10. The Bertz CT molecular complexity index is 1650.